The third kappa shape index (κ3) is 2.77. The van der Waals surface area contributed by atoms with E-state index in [2.05, 4.69) is 58.3 Å². The number of nitrogens with one attached hydrogen (secondary N) is 1. The number of aromatic nitrogens is 2. The summed E-state index contributed by atoms with van der Waals surface area (Å²) in [5.41, 5.74) is 9.65. The number of fused-ring (bicyclic) bond motifs is 1. The molecule has 0 bridgehead atoms. The van der Waals surface area contributed by atoms with Gasteiger partial charge in [0.1, 0.15) is 12.0 Å². The van der Waals surface area contributed by atoms with Crippen LogP contribution in [0.25, 0.3) is 0 Å². The number of anilines is 3. The van der Waals surface area contributed by atoms with Crippen molar-refractivity contribution in [1.29, 1.82) is 0 Å². The Kier molecular flexibility index (Phi) is 3.64. The summed E-state index contributed by atoms with van der Waals surface area (Å²) in [6, 6.07) is 8.83. The number of hydrogen-bond donors (Lipinski definition) is 2. The molecule has 0 unspecified atom stereocenters. The Labute approximate surface area is 125 Å². The van der Waals surface area contributed by atoms with Gasteiger partial charge in [0.05, 0.1) is 0 Å². The molecule has 2 aromatic rings. The van der Waals surface area contributed by atoms with Gasteiger partial charge in [-0.25, -0.2) is 9.97 Å². The summed E-state index contributed by atoms with van der Waals surface area (Å²) in [4.78, 5) is 10.9. The average Bonchev–Trinajstić information content (AvgIpc) is 2.48. The van der Waals surface area contributed by atoms with E-state index in [-0.39, 0.29) is 6.04 Å². The first-order valence-electron chi connectivity index (χ1n) is 7.34. The highest BCUT2D eigenvalue weighted by Gasteiger charge is 2.20. The molecule has 110 valence electrons. The maximum Gasteiger partial charge on any atom is 0.157 e. The third-order valence-electron chi connectivity index (χ3n) is 3.72. The molecule has 1 aliphatic rings. The van der Waals surface area contributed by atoms with E-state index < -0.39 is 0 Å². The second-order valence-electron chi connectivity index (χ2n) is 5.70. The quantitative estimate of drug-likeness (QED) is 0.905. The molecule has 21 heavy (non-hydrogen) atoms. The van der Waals surface area contributed by atoms with Crippen molar-refractivity contribution in [3.05, 3.63) is 41.7 Å². The molecule has 5 heteroatoms. The van der Waals surface area contributed by atoms with E-state index in [1.54, 1.807) is 6.33 Å². The van der Waals surface area contributed by atoms with E-state index in [4.69, 9.17) is 5.73 Å². The minimum atomic E-state index is 0.289. The topological polar surface area (TPSA) is 67.1 Å². The molecule has 3 rings (SSSR count). The minimum Gasteiger partial charge on any atom is -0.393 e. The van der Waals surface area contributed by atoms with Gasteiger partial charge >= 0.3 is 0 Å². The summed E-state index contributed by atoms with van der Waals surface area (Å²) in [6.07, 6.45) is 2.60. The van der Waals surface area contributed by atoms with Crippen molar-refractivity contribution in [2.75, 3.05) is 22.5 Å². The van der Waals surface area contributed by atoms with Crippen LogP contribution in [-0.2, 0) is 13.0 Å². The molecule has 3 N–H and O–H groups in total. The predicted octanol–water partition coefficient (Wildman–Crippen LogP) is 2.44. The van der Waals surface area contributed by atoms with Crippen molar-refractivity contribution >= 4 is 17.3 Å². The Bertz CT molecular complexity index is 638. The highest BCUT2D eigenvalue weighted by molar-refractivity contribution is 5.75. The van der Waals surface area contributed by atoms with Crippen LogP contribution in [0.3, 0.4) is 0 Å². The zero-order chi connectivity index (χ0) is 14.8. The molecule has 0 amide bonds. The zero-order valence-electron chi connectivity index (χ0n) is 12.5. The number of nitrogen functional groups attached to an aromatic ring is 1. The first kappa shape index (κ1) is 13.7. The lowest BCUT2D eigenvalue weighted by Crippen LogP contribution is -2.32. The standard InChI is InChI=1S/C16H21N5/c1-11(2)20-15-14(17)16(19-10-18-15)21-8-7-12-5-3-4-6-13(12)9-21/h3-6,10-11H,7-9,17H2,1-2H3,(H,18,19,20). The third-order valence-corrected chi connectivity index (χ3v) is 3.72. The molecule has 5 nitrogen and oxygen atoms in total. The molecule has 1 aliphatic heterocycles. The van der Waals surface area contributed by atoms with Gasteiger partial charge in [0.2, 0.25) is 0 Å². The molecule has 0 saturated carbocycles. The van der Waals surface area contributed by atoms with Crippen LogP contribution in [0.15, 0.2) is 30.6 Å². The Balaban J connectivity index is 1.88. The van der Waals surface area contributed by atoms with Crippen molar-refractivity contribution in [2.24, 2.45) is 0 Å². The van der Waals surface area contributed by atoms with Gasteiger partial charge in [-0.2, -0.15) is 0 Å². The summed E-state index contributed by atoms with van der Waals surface area (Å²) in [7, 11) is 0. The molecule has 0 aliphatic carbocycles. The summed E-state index contributed by atoms with van der Waals surface area (Å²) < 4.78 is 0. The molecule has 2 heterocycles. The maximum absolute atomic E-state index is 6.25. The summed E-state index contributed by atoms with van der Waals surface area (Å²) >= 11 is 0. The van der Waals surface area contributed by atoms with Crippen LogP contribution in [-0.4, -0.2) is 22.6 Å². The van der Waals surface area contributed by atoms with E-state index in [1.165, 1.54) is 11.1 Å². The van der Waals surface area contributed by atoms with Crippen LogP contribution in [0, 0.1) is 0 Å². The molecule has 1 aromatic carbocycles. The number of nitrogens with two attached hydrogens (primary N) is 1. The number of rotatable bonds is 3. The second-order valence-corrected chi connectivity index (χ2v) is 5.70. The predicted molar refractivity (Wildman–Crippen MR) is 86.4 cm³/mol. The molecule has 0 atom stereocenters. The highest BCUT2D eigenvalue weighted by atomic mass is 15.2. The summed E-state index contributed by atoms with van der Waals surface area (Å²) in [5.74, 6) is 1.54. The van der Waals surface area contributed by atoms with Crippen molar-refractivity contribution in [3.63, 3.8) is 0 Å². The first-order valence-corrected chi connectivity index (χ1v) is 7.34. The smallest absolute Gasteiger partial charge is 0.157 e. The Morgan fingerprint density at radius 2 is 1.95 bits per heavy atom. The normalized spacial score (nSPS) is 14.1. The van der Waals surface area contributed by atoms with Gasteiger partial charge in [-0.15, -0.1) is 0 Å². The van der Waals surface area contributed by atoms with Crippen LogP contribution in [0.2, 0.25) is 0 Å². The molecular weight excluding hydrogens is 262 g/mol. The van der Waals surface area contributed by atoms with E-state index in [9.17, 15) is 0 Å². The summed E-state index contributed by atoms with van der Waals surface area (Å²) in [6.45, 7) is 5.91. The van der Waals surface area contributed by atoms with Crippen LogP contribution >= 0.6 is 0 Å². The van der Waals surface area contributed by atoms with Crippen molar-refractivity contribution in [2.45, 2.75) is 32.9 Å². The van der Waals surface area contributed by atoms with Gasteiger partial charge in [-0.3, -0.25) is 0 Å². The van der Waals surface area contributed by atoms with Gasteiger partial charge < -0.3 is 16.0 Å². The lowest BCUT2D eigenvalue weighted by Gasteiger charge is -2.30. The van der Waals surface area contributed by atoms with E-state index in [0.29, 0.717) is 11.5 Å². The number of nitrogens with zero attached hydrogens (tertiary/aromatic N) is 3. The Morgan fingerprint density at radius 3 is 2.71 bits per heavy atom. The van der Waals surface area contributed by atoms with Gasteiger partial charge in [0.25, 0.3) is 0 Å². The molecule has 0 radical (unpaired) electrons. The van der Waals surface area contributed by atoms with E-state index in [0.717, 1.165) is 25.3 Å². The van der Waals surface area contributed by atoms with Gasteiger partial charge in [0.15, 0.2) is 11.6 Å². The monoisotopic (exact) mass is 283 g/mol. The second kappa shape index (κ2) is 5.60. The lowest BCUT2D eigenvalue weighted by atomic mass is 10.00. The Hall–Kier alpha value is -2.30. The Morgan fingerprint density at radius 1 is 1.19 bits per heavy atom. The molecular formula is C16H21N5. The molecule has 0 spiro atoms. The van der Waals surface area contributed by atoms with Gasteiger partial charge in [-0.05, 0) is 31.4 Å². The van der Waals surface area contributed by atoms with Gasteiger partial charge in [-0.1, -0.05) is 24.3 Å². The number of hydrogen-bond acceptors (Lipinski definition) is 5. The van der Waals surface area contributed by atoms with Crippen LogP contribution < -0.4 is 16.0 Å². The average molecular weight is 283 g/mol. The minimum absolute atomic E-state index is 0.289. The molecule has 0 saturated heterocycles. The zero-order valence-corrected chi connectivity index (χ0v) is 12.5. The lowest BCUT2D eigenvalue weighted by molar-refractivity contribution is 0.720. The van der Waals surface area contributed by atoms with Crippen LogP contribution in [0.5, 0.6) is 0 Å². The fourth-order valence-corrected chi connectivity index (χ4v) is 2.70. The van der Waals surface area contributed by atoms with Gasteiger partial charge in [0, 0.05) is 19.1 Å². The molecule has 1 aromatic heterocycles. The van der Waals surface area contributed by atoms with Crippen LogP contribution in [0.1, 0.15) is 25.0 Å². The first-order chi connectivity index (χ1) is 10.1. The fraction of sp³-hybridized carbons (Fsp3) is 0.375. The van der Waals surface area contributed by atoms with Crippen molar-refractivity contribution in [1.82, 2.24) is 9.97 Å². The highest BCUT2D eigenvalue weighted by Crippen LogP contribution is 2.30. The SMILES string of the molecule is CC(C)Nc1ncnc(N2CCc3ccccc3C2)c1N. The van der Waals surface area contributed by atoms with Crippen molar-refractivity contribution in [3.8, 4) is 0 Å². The summed E-state index contributed by atoms with van der Waals surface area (Å²) in [5, 5.41) is 3.27. The molecule has 0 fully saturated rings. The van der Waals surface area contributed by atoms with Crippen molar-refractivity contribution < 1.29 is 0 Å². The van der Waals surface area contributed by atoms with Crippen LogP contribution in [0.4, 0.5) is 17.3 Å². The van der Waals surface area contributed by atoms with E-state index >= 15 is 0 Å². The van der Waals surface area contributed by atoms with E-state index in [1.807, 2.05) is 0 Å². The number of benzene rings is 1. The fourth-order valence-electron chi connectivity index (χ4n) is 2.70. The largest absolute Gasteiger partial charge is 0.393 e. The maximum atomic E-state index is 6.25.